The van der Waals surface area contributed by atoms with Gasteiger partial charge in [0.05, 0.1) is 6.61 Å². The number of carbonyl (C=O) groups is 3. The van der Waals surface area contributed by atoms with Crippen molar-refractivity contribution in [2.45, 2.75) is 26.1 Å². The quantitative estimate of drug-likeness (QED) is 0.577. The fraction of sp³-hybridized carbons (Fsp3) is 0.625. The van der Waals surface area contributed by atoms with Crippen LogP contribution in [0.2, 0.25) is 0 Å². The van der Waals surface area contributed by atoms with Gasteiger partial charge in [0.1, 0.15) is 6.10 Å². The SMILES string of the molecule is CC(C=O)OC=O.CC(CO)OC=O. The maximum atomic E-state index is 9.61. The van der Waals surface area contributed by atoms with E-state index in [9.17, 15) is 14.4 Å². The molecule has 0 aliphatic rings. The second kappa shape index (κ2) is 11.6. The molecular formula is C8H14O6. The Balaban J connectivity index is 0. The van der Waals surface area contributed by atoms with E-state index in [0.717, 1.165) is 0 Å². The average molecular weight is 206 g/mol. The van der Waals surface area contributed by atoms with E-state index in [1.165, 1.54) is 6.92 Å². The van der Waals surface area contributed by atoms with Gasteiger partial charge in [0, 0.05) is 0 Å². The zero-order valence-corrected chi connectivity index (χ0v) is 8.08. The lowest BCUT2D eigenvalue weighted by atomic mass is 10.4. The van der Waals surface area contributed by atoms with Crippen LogP contribution in [0, 0.1) is 0 Å². The van der Waals surface area contributed by atoms with Gasteiger partial charge in [-0.1, -0.05) is 0 Å². The predicted molar refractivity (Wildman–Crippen MR) is 46.4 cm³/mol. The van der Waals surface area contributed by atoms with Gasteiger partial charge >= 0.3 is 0 Å². The maximum absolute atomic E-state index is 9.61. The molecule has 0 aromatic rings. The summed E-state index contributed by atoms with van der Waals surface area (Å²) >= 11 is 0. The monoisotopic (exact) mass is 206 g/mol. The molecule has 6 heteroatoms. The second-order valence-electron chi connectivity index (χ2n) is 2.30. The van der Waals surface area contributed by atoms with Gasteiger partial charge in [0.15, 0.2) is 12.4 Å². The normalized spacial score (nSPS) is 12.5. The smallest absolute Gasteiger partial charge is 0.293 e. The number of hydrogen-bond donors (Lipinski definition) is 1. The summed E-state index contributed by atoms with van der Waals surface area (Å²) in [7, 11) is 0. The minimum absolute atomic E-state index is 0.112. The first kappa shape index (κ1) is 15.1. The van der Waals surface area contributed by atoms with Gasteiger partial charge in [-0.05, 0) is 13.8 Å². The van der Waals surface area contributed by atoms with Crippen molar-refractivity contribution in [1.29, 1.82) is 0 Å². The molecule has 14 heavy (non-hydrogen) atoms. The molecule has 0 fully saturated rings. The Morgan fingerprint density at radius 3 is 1.79 bits per heavy atom. The van der Waals surface area contributed by atoms with Crippen molar-refractivity contribution in [2.75, 3.05) is 6.61 Å². The Morgan fingerprint density at radius 1 is 1.14 bits per heavy atom. The highest BCUT2D eigenvalue weighted by Crippen LogP contribution is 1.81. The van der Waals surface area contributed by atoms with Crippen molar-refractivity contribution in [3.05, 3.63) is 0 Å². The molecule has 2 unspecified atom stereocenters. The number of aliphatic hydroxyl groups is 1. The summed E-state index contributed by atoms with van der Waals surface area (Å²) in [4.78, 5) is 28.4. The van der Waals surface area contributed by atoms with Crippen molar-refractivity contribution >= 4 is 19.2 Å². The third kappa shape index (κ3) is 13.2. The van der Waals surface area contributed by atoms with Crippen molar-refractivity contribution in [2.24, 2.45) is 0 Å². The minimum atomic E-state index is -0.600. The predicted octanol–water partition coefficient (Wildman–Crippen LogP) is -0.713. The van der Waals surface area contributed by atoms with Gasteiger partial charge in [-0.3, -0.25) is 14.4 Å². The number of ether oxygens (including phenoxy) is 2. The number of aldehydes is 1. The molecule has 2 atom stereocenters. The van der Waals surface area contributed by atoms with E-state index in [1.807, 2.05) is 0 Å². The Morgan fingerprint density at radius 2 is 1.64 bits per heavy atom. The van der Waals surface area contributed by atoms with Crippen LogP contribution < -0.4 is 0 Å². The van der Waals surface area contributed by atoms with Crippen molar-refractivity contribution in [1.82, 2.24) is 0 Å². The van der Waals surface area contributed by atoms with E-state index in [2.05, 4.69) is 9.47 Å². The minimum Gasteiger partial charge on any atom is -0.462 e. The highest BCUT2D eigenvalue weighted by Gasteiger charge is 1.94. The lowest BCUT2D eigenvalue weighted by Gasteiger charge is -2.01. The molecule has 82 valence electrons. The molecule has 0 aliphatic heterocycles. The highest BCUT2D eigenvalue weighted by atomic mass is 16.5. The van der Waals surface area contributed by atoms with Crippen LogP contribution >= 0.6 is 0 Å². The first-order valence-electron chi connectivity index (χ1n) is 3.86. The summed E-state index contributed by atoms with van der Waals surface area (Å²) in [6, 6.07) is 0. The van der Waals surface area contributed by atoms with Gasteiger partial charge in [-0.25, -0.2) is 0 Å². The molecule has 0 saturated carbocycles. The Labute approximate surface area is 81.8 Å². The standard InChI is InChI=1S/C4H8O3.C4H6O3/c2*1-4(2-5)7-3-6/h3-5H,2H2,1H3;2-4H,1H3. The van der Waals surface area contributed by atoms with E-state index >= 15 is 0 Å². The topological polar surface area (TPSA) is 89.9 Å². The van der Waals surface area contributed by atoms with E-state index in [0.29, 0.717) is 12.8 Å². The molecule has 0 saturated heterocycles. The first-order chi connectivity index (χ1) is 6.62. The van der Waals surface area contributed by atoms with Crippen LogP contribution in [0.5, 0.6) is 0 Å². The molecule has 0 aliphatic carbocycles. The summed E-state index contributed by atoms with van der Waals surface area (Å²) in [5.74, 6) is 0. The molecule has 6 nitrogen and oxygen atoms in total. The summed E-state index contributed by atoms with van der Waals surface area (Å²) in [6.45, 7) is 3.55. The van der Waals surface area contributed by atoms with Gasteiger partial charge in [0.25, 0.3) is 12.9 Å². The molecule has 0 aromatic heterocycles. The lowest BCUT2D eigenvalue weighted by Crippen LogP contribution is -2.10. The third-order valence-electron chi connectivity index (χ3n) is 1.01. The first-order valence-corrected chi connectivity index (χ1v) is 3.86. The zero-order chi connectivity index (χ0) is 11.4. The van der Waals surface area contributed by atoms with Crippen LogP contribution in [0.15, 0.2) is 0 Å². The van der Waals surface area contributed by atoms with Crippen molar-refractivity contribution in [3.63, 3.8) is 0 Å². The Hall–Kier alpha value is -1.43. The van der Waals surface area contributed by atoms with Crippen LogP contribution in [0.25, 0.3) is 0 Å². The largest absolute Gasteiger partial charge is 0.462 e. The fourth-order valence-electron chi connectivity index (χ4n) is 0.258. The molecule has 0 bridgehead atoms. The number of rotatable bonds is 6. The molecule has 1 N–H and O–H groups in total. The number of hydrogen-bond acceptors (Lipinski definition) is 6. The zero-order valence-electron chi connectivity index (χ0n) is 8.08. The number of aliphatic hydroxyl groups excluding tert-OH is 1. The fourth-order valence-corrected chi connectivity index (χ4v) is 0.258. The molecular weight excluding hydrogens is 192 g/mol. The van der Waals surface area contributed by atoms with Crippen molar-refractivity contribution in [3.8, 4) is 0 Å². The summed E-state index contributed by atoms with van der Waals surface area (Å²) in [5.41, 5.74) is 0. The molecule has 0 radical (unpaired) electrons. The Bertz CT molecular complexity index is 158. The number of carbonyl (C=O) groups excluding carboxylic acids is 3. The van der Waals surface area contributed by atoms with Crippen LogP contribution in [-0.2, 0) is 23.9 Å². The second-order valence-corrected chi connectivity index (χ2v) is 2.30. The van der Waals surface area contributed by atoms with Crippen LogP contribution in [0.1, 0.15) is 13.8 Å². The van der Waals surface area contributed by atoms with E-state index in [-0.39, 0.29) is 19.2 Å². The molecule has 0 aromatic carbocycles. The van der Waals surface area contributed by atoms with Gasteiger partial charge in [-0.2, -0.15) is 0 Å². The summed E-state index contributed by atoms with van der Waals surface area (Å²) in [5, 5.41) is 8.18. The van der Waals surface area contributed by atoms with E-state index in [1.54, 1.807) is 6.92 Å². The lowest BCUT2D eigenvalue weighted by molar-refractivity contribution is -0.137. The van der Waals surface area contributed by atoms with E-state index < -0.39 is 6.10 Å². The molecule has 0 heterocycles. The van der Waals surface area contributed by atoms with Crippen LogP contribution in [-0.4, -0.2) is 43.2 Å². The average Bonchev–Trinajstić information content (AvgIpc) is 2.19. The molecule has 0 amide bonds. The van der Waals surface area contributed by atoms with Gasteiger partial charge in [0.2, 0.25) is 0 Å². The third-order valence-corrected chi connectivity index (χ3v) is 1.01. The van der Waals surface area contributed by atoms with Gasteiger partial charge in [-0.15, -0.1) is 0 Å². The molecule has 0 rings (SSSR count). The summed E-state index contributed by atoms with van der Waals surface area (Å²) < 4.78 is 8.40. The Kier molecular flexibility index (Phi) is 12.4. The van der Waals surface area contributed by atoms with Crippen molar-refractivity contribution < 1.29 is 29.0 Å². The highest BCUT2D eigenvalue weighted by molar-refractivity contribution is 5.58. The van der Waals surface area contributed by atoms with E-state index in [4.69, 9.17) is 5.11 Å². The summed E-state index contributed by atoms with van der Waals surface area (Å²) in [6.07, 6.45) is -0.413. The van der Waals surface area contributed by atoms with Gasteiger partial charge < -0.3 is 14.6 Å². The maximum Gasteiger partial charge on any atom is 0.293 e. The van der Waals surface area contributed by atoms with Crippen LogP contribution in [0.4, 0.5) is 0 Å². The van der Waals surface area contributed by atoms with Crippen LogP contribution in [0.3, 0.4) is 0 Å². The molecule has 0 spiro atoms.